The quantitative estimate of drug-likeness (QED) is 0.0195. The third-order valence-corrected chi connectivity index (χ3v) is 16.4. The van der Waals surface area contributed by atoms with Crippen LogP contribution in [-0.2, 0) is 33.3 Å². The molecule has 0 aliphatic carbocycles. The summed E-state index contributed by atoms with van der Waals surface area (Å²) in [5, 5.41) is 11.8. The molecule has 0 aromatic rings. The molecule has 0 aliphatic heterocycles. The first kappa shape index (κ1) is 88.4. The molecule has 0 spiro atoms. The summed E-state index contributed by atoms with van der Waals surface area (Å²) >= 11 is 0. The van der Waals surface area contributed by atoms with Crippen molar-refractivity contribution in [1.29, 1.82) is 0 Å². The van der Waals surface area contributed by atoms with E-state index in [2.05, 4.69) is 148 Å². The number of aliphatic carboxylic acids is 1. The first-order chi connectivity index (χ1) is 45.6. The van der Waals surface area contributed by atoms with E-state index >= 15 is 0 Å². The van der Waals surface area contributed by atoms with E-state index < -0.39 is 24.3 Å². The number of carbonyl (C=O) groups is 3. The number of hydrogen-bond donors (Lipinski definition) is 0. The minimum absolute atomic E-state index is 0.141. The number of carbonyl (C=O) groups excluding carboxylic acids is 3. The Morgan fingerprint density at radius 3 is 0.925 bits per heavy atom. The Labute approximate surface area is 573 Å². The van der Waals surface area contributed by atoms with Crippen LogP contribution in [0.3, 0.4) is 0 Å². The lowest BCUT2D eigenvalue weighted by Gasteiger charge is -2.26. The van der Waals surface area contributed by atoms with Crippen molar-refractivity contribution in [3.8, 4) is 0 Å². The van der Waals surface area contributed by atoms with Gasteiger partial charge in [-0.25, -0.2) is 0 Å². The summed E-state index contributed by atoms with van der Waals surface area (Å²) in [6.45, 7) is 4.65. The van der Waals surface area contributed by atoms with Gasteiger partial charge in [-0.1, -0.05) is 327 Å². The van der Waals surface area contributed by atoms with Gasteiger partial charge < -0.3 is 33.3 Å². The third-order valence-electron chi connectivity index (χ3n) is 16.4. The average Bonchev–Trinajstić information content (AvgIpc) is 3.38. The van der Waals surface area contributed by atoms with Crippen LogP contribution in [0.1, 0.15) is 322 Å². The third kappa shape index (κ3) is 74.7. The van der Waals surface area contributed by atoms with Crippen molar-refractivity contribution in [2.75, 3.05) is 47.5 Å². The standard InChI is InChI=1S/C84H143NO8/c1-6-8-10-12-14-16-18-20-22-24-26-28-30-32-34-36-37-38-39-40-41-42-43-44-45-47-49-51-53-55-57-59-61-63-65-67-69-71-73-75-82(87)93-80(79-92-84(83(88)89)90-77-76-85(3,4)5)78-91-81(86)74-72-70-68-66-64-62-60-58-56-54-52-50-48-46-35-33-31-29-27-25-23-21-19-17-15-13-11-9-7-2/h8,10,14,16,20,22,25-28,32,34,37-38,40-41,43-44,47,49,53,55,80,84H,6-7,9,11-13,15,17-19,21,23-24,29-31,33,35-36,39,42,45-46,48,50-52,54,56-79H2,1-5H3/b10-8-,16-14-,22-20-,27-25-,28-26-,34-32-,38-37-,41-40-,44-43-,49-47-,55-53-. The highest BCUT2D eigenvalue weighted by molar-refractivity contribution is 5.70. The molecule has 0 heterocycles. The van der Waals surface area contributed by atoms with Crippen molar-refractivity contribution in [3.63, 3.8) is 0 Å². The summed E-state index contributed by atoms with van der Waals surface area (Å²) in [5.41, 5.74) is 0. The maximum atomic E-state index is 13.0. The van der Waals surface area contributed by atoms with Crippen LogP contribution < -0.4 is 5.11 Å². The lowest BCUT2D eigenvalue weighted by molar-refractivity contribution is -0.870. The van der Waals surface area contributed by atoms with E-state index in [1.165, 1.54) is 180 Å². The molecule has 0 saturated heterocycles. The predicted molar refractivity (Wildman–Crippen MR) is 398 cm³/mol. The Morgan fingerprint density at radius 1 is 0.333 bits per heavy atom. The van der Waals surface area contributed by atoms with Crippen molar-refractivity contribution in [2.45, 2.75) is 334 Å². The van der Waals surface area contributed by atoms with Crippen molar-refractivity contribution >= 4 is 17.9 Å². The summed E-state index contributed by atoms with van der Waals surface area (Å²) < 4.78 is 22.8. The van der Waals surface area contributed by atoms with Gasteiger partial charge in [0.05, 0.1) is 40.3 Å². The zero-order valence-electron chi connectivity index (χ0n) is 60.8. The van der Waals surface area contributed by atoms with Crippen molar-refractivity contribution in [1.82, 2.24) is 0 Å². The Kier molecular flexibility index (Phi) is 69.6. The number of carboxylic acid groups (broad SMARTS) is 1. The molecule has 532 valence electrons. The molecule has 0 saturated carbocycles. The molecule has 2 unspecified atom stereocenters. The molecule has 0 aliphatic rings. The van der Waals surface area contributed by atoms with E-state index in [1.54, 1.807) is 0 Å². The van der Waals surface area contributed by atoms with E-state index in [9.17, 15) is 19.5 Å². The Morgan fingerprint density at radius 2 is 0.613 bits per heavy atom. The first-order valence-corrected chi connectivity index (χ1v) is 38.3. The lowest BCUT2D eigenvalue weighted by atomic mass is 10.0. The van der Waals surface area contributed by atoms with Crippen molar-refractivity contribution < 1.29 is 42.9 Å². The summed E-state index contributed by atoms with van der Waals surface area (Å²) in [6, 6.07) is 0. The van der Waals surface area contributed by atoms with E-state index in [1.807, 2.05) is 21.1 Å². The second kappa shape index (κ2) is 73.2. The van der Waals surface area contributed by atoms with Gasteiger partial charge in [0.25, 0.3) is 0 Å². The van der Waals surface area contributed by atoms with Crippen LogP contribution in [0.25, 0.3) is 0 Å². The molecule has 9 nitrogen and oxygen atoms in total. The summed E-state index contributed by atoms with van der Waals surface area (Å²) in [4.78, 5) is 37.6. The van der Waals surface area contributed by atoms with Gasteiger partial charge in [-0.3, -0.25) is 9.59 Å². The second-order valence-corrected chi connectivity index (χ2v) is 26.6. The molecular weight excluding hydrogens is 1150 g/mol. The smallest absolute Gasteiger partial charge is 0.306 e. The van der Waals surface area contributed by atoms with Crippen molar-refractivity contribution in [2.24, 2.45) is 0 Å². The number of likely N-dealkylation sites (N-methyl/N-ethyl adjacent to an activating group) is 1. The maximum absolute atomic E-state index is 13.0. The number of carboxylic acids is 1. The molecule has 0 fully saturated rings. The summed E-state index contributed by atoms with van der Waals surface area (Å²) in [7, 11) is 5.93. The Hall–Kier alpha value is -4.57. The highest BCUT2D eigenvalue weighted by Crippen LogP contribution is 2.17. The van der Waals surface area contributed by atoms with E-state index in [0.717, 1.165) is 109 Å². The summed E-state index contributed by atoms with van der Waals surface area (Å²) in [5.74, 6) is -2.29. The van der Waals surface area contributed by atoms with Crippen LogP contribution in [0.5, 0.6) is 0 Å². The van der Waals surface area contributed by atoms with E-state index in [0.29, 0.717) is 17.4 Å². The van der Waals surface area contributed by atoms with Crippen LogP contribution in [0, 0.1) is 0 Å². The second-order valence-electron chi connectivity index (χ2n) is 26.6. The zero-order valence-corrected chi connectivity index (χ0v) is 60.8. The average molecular weight is 1300 g/mol. The molecule has 93 heavy (non-hydrogen) atoms. The zero-order chi connectivity index (χ0) is 67.5. The van der Waals surface area contributed by atoms with Gasteiger partial charge >= 0.3 is 11.9 Å². The van der Waals surface area contributed by atoms with Gasteiger partial charge in [0.2, 0.25) is 0 Å². The fourth-order valence-corrected chi connectivity index (χ4v) is 10.6. The van der Waals surface area contributed by atoms with Gasteiger partial charge in [0.1, 0.15) is 13.2 Å². The molecule has 0 aromatic heterocycles. The fourth-order valence-electron chi connectivity index (χ4n) is 10.6. The van der Waals surface area contributed by atoms with Gasteiger partial charge in [0.15, 0.2) is 12.4 Å². The molecule has 0 aromatic carbocycles. The lowest BCUT2D eigenvalue weighted by Crippen LogP contribution is -2.44. The molecule has 0 rings (SSSR count). The topological polar surface area (TPSA) is 111 Å². The SMILES string of the molecule is CC/C=C\C/C=C\C/C=C\C/C=C\C/C=C\C/C=C\C/C=C\C/C=C\C/C=C\C/C=C\CCCCCCCCCCC(=O)OC(COC(=O)CCCCCCCCCCCCCCCCCCC/C=C\CCCCCCCCCC)COC(OCC[N+](C)(C)C)C(=O)[O-]. The van der Waals surface area contributed by atoms with Crippen LogP contribution >= 0.6 is 0 Å². The van der Waals surface area contributed by atoms with Crippen LogP contribution in [0.4, 0.5) is 0 Å². The number of unbranched alkanes of at least 4 members (excludes halogenated alkanes) is 33. The number of ether oxygens (including phenoxy) is 4. The minimum Gasteiger partial charge on any atom is -0.545 e. The van der Waals surface area contributed by atoms with Gasteiger partial charge in [-0.2, -0.15) is 0 Å². The molecule has 0 radical (unpaired) electrons. The van der Waals surface area contributed by atoms with Crippen LogP contribution in [-0.4, -0.2) is 82.3 Å². The molecular formula is C84H143NO8. The Bertz CT molecular complexity index is 2000. The number of allylic oxidation sites excluding steroid dienone is 22. The molecule has 2 atom stereocenters. The van der Waals surface area contributed by atoms with Crippen molar-refractivity contribution in [3.05, 3.63) is 134 Å². The van der Waals surface area contributed by atoms with Crippen LogP contribution in [0.15, 0.2) is 134 Å². The number of nitrogens with zero attached hydrogens (tertiary/aromatic N) is 1. The number of esters is 2. The highest BCUT2D eigenvalue weighted by Gasteiger charge is 2.22. The molecule has 0 N–H and O–H groups in total. The first-order valence-electron chi connectivity index (χ1n) is 38.3. The largest absolute Gasteiger partial charge is 0.545 e. The van der Waals surface area contributed by atoms with E-state index in [-0.39, 0.29) is 38.6 Å². The normalized spacial score (nSPS) is 13.4. The van der Waals surface area contributed by atoms with E-state index in [4.69, 9.17) is 18.9 Å². The van der Waals surface area contributed by atoms with Crippen LogP contribution in [0.2, 0.25) is 0 Å². The molecule has 9 heteroatoms. The molecule has 0 amide bonds. The molecule has 0 bridgehead atoms. The minimum atomic E-state index is -1.63. The fraction of sp³-hybridized carbons (Fsp3) is 0.702. The Balaban J connectivity index is 4.13. The van der Waals surface area contributed by atoms with Gasteiger partial charge in [0, 0.05) is 12.8 Å². The summed E-state index contributed by atoms with van der Waals surface area (Å²) in [6.07, 6.45) is 103. The number of hydrogen-bond acceptors (Lipinski definition) is 8. The van der Waals surface area contributed by atoms with Gasteiger partial charge in [-0.05, 0) is 116 Å². The van der Waals surface area contributed by atoms with Gasteiger partial charge in [-0.15, -0.1) is 0 Å². The number of quaternary nitrogens is 1. The highest BCUT2D eigenvalue weighted by atomic mass is 16.7. The maximum Gasteiger partial charge on any atom is 0.306 e. The number of rotatable bonds is 70. The predicted octanol–water partition coefficient (Wildman–Crippen LogP) is 23.1. The monoisotopic (exact) mass is 1290 g/mol.